The topological polar surface area (TPSA) is 134 Å². The van der Waals surface area contributed by atoms with Crippen LogP contribution in [0.25, 0.3) is 22.8 Å². The van der Waals surface area contributed by atoms with Crippen LogP contribution in [-0.4, -0.2) is 38.1 Å². The molecule has 28 heavy (non-hydrogen) atoms. The number of hydrogen-bond acceptors (Lipinski definition) is 8. The van der Waals surface area contributed by atoms with E-state index in [1.807, 2.05) is 0 Å². The molecule has 0 bridgehead atoms. The SMILES string of the molecule is CCS(=O)(=O)c1cccnc1-c1nc2cc(S(=O)(=O)C(F)(F)F)c[n+]([O-])c2o1. The summed E-state index contributed by atoms with van der Waals surface area (Å²) in [5.41, 5.74) is -7.01. The zero-order chi connectivity index (χ0) is 20.9. The molecule has 3 rings (SSSR count). The molecule has 3 aromatic rings. The number of alkyl halides is 3. The van der Waals surface area contributed by atoms with E-state index in [1.165, 1.54) is 25.3 Å². The Bertz CT molecular complexity index is 1280. The molecule has 0 aliphatic rings. The van der Waals surface area contributed by atoms with E-state index in [4.69, 9.17) is 4.42 Å². The lowest BCUT2D eigenvalue weighted by atomic mass is 10.3. The van der Waals surface area contributed by atoms with E-state index in [0.717, 1.165) is 0 Å². The van der Waals surface area contributed by atoms with Gasteiger partial charge < -0.3 is 9.62 Å². The van der Waals surface area contributed by atoms with Crippen LogP contribution in [0, 0.1) is 5.21 Å². The molecule has 0 N–H and O–H groups in total. The molecule has 0 saturated heterocycles. The predicted octanol–water partition coefficient (Wildman–Crippen LogP) is 1.61. The maximum atomic E-state index is 12.7. The second-order valence-electron chi connectivity index (χ2n) is 5.41. The standard InChI is InChI=1S/C14H10F3N3O6S2/c1-2-27(22,23)10-4-3-5-18-11(10)12-19-9-6-8(7-20(21)13(9)26-12)28(24,25)14(15,16)17/h3-7H,2H2,1H3. The number of rotatable bonds is 4. The summed E-state index contributed by atoms with van der Waals surface area (Å²) in [6, 6.07) is 3.08. The third-order valence-corrected chi connectivity index (χ3v) is 6.87. The van der Waals surface area contributed by atoms with E-state index in [0.29, 0.717) is 6.07 Å². The number of nitrogens with zero attached hydrogens (tertiary/aromatic N) is 3. The number of fused-ring (bicyclic) bond motifs is 1. The maximum Gasteiger partial charge on any atom is 0.502 e. The summed E-state index contributed by atoms with van der Waals surface area (Å²) < 4.78 is 90.5. The maximum absolute atomic E-state index is 12.7. The number of halogens is 3. The van der Waals surface area contributed by atoms with Gasteiger partial charge in [-0.15, -0.1) is 4.73 Å². The van der Waals surface area contributed by atoms with E-state index < -0.39 is 47.2 Å². The highest BCUT2D eigenvalue weighted by Gasteiger charge is 2.48. The normalized spacial score (nSPS) is 13.1. The van der Waals surface area contributed by atoms with Gasteiger partial charge in [0.1, 0.15) is 10.6 Å². The fraction of sp³-hybridized carbons (Fsp3) is 0.214. The van der Waals surface area contributed by atoms with Crippen molar-refractivity contribution in [2.24, 2.45) is 0 Å². The first-order valence-electron chi connectivity index (χ1n) is 7.41. The molecule has 14 heteroatoms. The highest BCUT2D eigenvalue weighted by Crippen LogP contribution is 2.32. The number of sulfone groups is 2. The summed E-state index contributed by atoms with van der Waals surface area (Å²) in [4.78, 5) is 6.03. The summed E-state index contributed by atoms with van der Waals surface area (Å²) in [5, 5.41) is 12.0. The van der Waals surface area contributed by atoms with Crippen LogP contribution in [0.1, 0.15) is 6.92 Å². The Morgan fingerprint density at radius 1 is 1.25 bits per heavy atom. The van der Waals surface area contributed by atoms with Gasteiger partial charge in [-0.1, -0.05) is 6.92 Å². The lowest BCUT2D eigenvalue weighted by Crippen LogP contribution is -2.30. The van der Waals surface area contributed by atoms with Gasteiger partial charge >= 0.3 is 11.2 Å². The van der Waals surface area contributed by atoms with Gasteiger partial charge in [-0.3, -0.25) is 0 Å². The van der Waals surface area contributed by atoms with Gasteiger partial charge in [0.05, 0.1) is 10.6 Å². The molecule has 0 unspecified atom stereocenters. The Morgan fingerprint density at radius 2 is 1.93 bits per heavy atom. The third-order valence-electron chi connectivity index (χ3n) is 3.66. The smallest absolute Gasteiger partial charge is 0.502 e. The van der Waals surface area contributed by atoms with Crippen LogP contribution in [0.15, 0.2) is 44.8 Å². The molecule has 3 heterocycles. The Hall–Kier alpha value is -2.74. The van der Waals surface area contributed by atoms with Gasteiger partial charge in [0, 0.05) is 6.20 Å². The molecule has 0 aromatic carbocycles. The number of pyridine rings is 2. The second-order valence-corrected chi connectivity index (χ2v) is 9.60. The zero-order valence-electron chi connectivity index (χ0n) is 13.8. The van der Waals surface area contributed by atoms with Crippen molar-refractivity contribution in [2.75, 3.05) is 5.75 Å². The fourth-order valence-electron chi connectivity index (χ4n) is 2.26. The van der Waals surface area contributed by atoms with Crippen molar-refractivity contribution in [1.82, 2.24) is 9.97 Å². The van der Waals surface area contributed by atoms with Crippen molar-refractivity contribution in [1.29, 1.82) is 0 Å². The minimum absolute atomic E-state index is 0.183. The molecular weight excluding hydrogens is 427 g/mol. The van der Waals surface area contributed by atoms with E-state index in [9.17, 15) is 35.2 Å². The van der Waals surface area contributed by atoms with Gasteiger partial charge in [-0.25, -0.2) is 26.8 Å². The van der Waals surface area contributed by atoms with Crippen molar-refractivity contribution >= 4 is 30.9 Å². The largest absolute Gasteiger partial charge is 0.616 e. The molecule has 0 fully saturated rings. The fourth-order valence-corrected chi connectivity index (χ4v) is 4.06. The number of aromatic nitrogens is 3. The van der Waals surface area contributed by atoms with Crippen molar-refractivity contribution < 1.29 is 39.2 Å². The molecular formula is C14H10F3N3O6S2. The highest BCUT2D eigenvalue weighted by atomic mass is 32.2. The van der Waals surface area contributed by atoms with E-state index >= 15 is 0 Å². The van der Waals surface area contributed by atoms with Gasteiger partial charge in [0.25, 0.3) is 15.7 Å². The molecule has 0 atom stereocenters. The second kappa shape index (κ2) is 6.41. The van der Waals surface area contributed by atoms with Gasteiger partial charge in [-0.2, -0.15) is 13.2 Å². The lowest BCUT2D eigenvalue weighted by molar-refractivity contribution is -0.586. The quantitative estimate of drug-likeness (QED) is 0.444. The minimum Gasteiger partial charge on any atom is -0.616 e. The van der Waals surface area contributed by atoms with Crippen molar-refractivity contribution in [3.05, 3.63) is 35.8 Å². The first-order chi connectivity index (χ1) is 12.9. The average Bonchev–Trinajstić information content (AvgIpc) is 3.05. The summed E-state index contributed by atoms with van der Waals surface area (Å²) >= 11 is 0. The predicted molar refractivity (Wildman–Crippen MR) is 87.2 cm³/mol. The van der Waals surface area contributed by atoms with Crippen LogP contribution in [0.5, 0.6) is 0 Å². The van der Waals surface area contributed by atoms with Crippen LogP contribution in [0.2, 0.25) is 0 Å². The molecule has 0 aliphatic carbocycles. The van der Waals surface area contributed by atoms with Gasteiger partial charge in [0.2, 0.25) is 6.20 Å². The van der Waals surface area contributed by atoms with Crippen LogP contribution >= 0.6 is 0 Å². The Kier molecular flexibility index (Phi) is 4.58. The van der Waals surface area contributed by atoms with E-state index in [2.05, 4.69) is 9.97 Å². The van der Waals surface area contributed by atoms with Crippen LogP contribution < -0.4 is 4.73 Å². The Balaban J connectivity index is 2.25. The molecule has 3 aromatic heterocycles. The van der Waals surface area contributed by atoms with Crippen LogP contribution in [-0.2, 0) is 19.7 Å². The van der Waals surface area contributed by atoms with Crippen LogP contribution in [0.4, 0.5) is 13.2 Å². The molecule has 0 spiro atoms. The molecule has 150 valence electrons. The molecule has 0 amide bonds. The first kappa shape index (κ1) is 20.0. The monoisotopic (exact) mass is 437 g/mol. The van der Waals surface area contributed by atoms with Gasteiger partial charge in [-0.05, 0) is 18.2 Å². The summed E-state index contributed by atoms with van der Waals surface area (Å²) in [5.74, 6) is -0.740. The Morgan fingerprint density at radius 3 is 2.54 bits per heavy atom. The molecule has 9 nitrogen and oxygen atoms in total. The Labute approximate surface area is 155 Å². The van der Waals surface area contributed by atoms with Crippen molar-refractivity contribution in [3.63, 3.8) is 0 Å². The van der Waals surface area contributed by atoms with Crippen LogP contribution in [0.3, 0.4) is 0 Å². The lowest BCUT2D eigenvalue weighted by Gasteiger charge is -2.06. The minimum atomic E-state index is -5.80. The van der Waals surface area contributed by atoms with E-state index in [-0.39, 0.29) is 27.3 Å². The summed E-state index contributed by atoms with van der Waals surface area (Å²) in [6.45, 7) is 1.39. The summed E-state index contributed by atoms with van der Waals surface area (Å²) in [6.07, 6.45) is 1.41. The molecule has 0 saturated carbocycles. The first-order valence-corrected chi connectivity index (χ1v) is 10.6. The third kappa shape index (κ3) is 3.17. The highest BCUT2D eigenvalue weighted by molar-refractivity contribution is 7.92. The number of oxazole rings is 1. The van der Waals surface area contributed by atoms with Gasteiger partial charge in [0.15, 0.2) is 15.4 Å². The number of hydrogen-bond donors (Lipinski definition) is 0. The zero-order valence-corrected chi connectivity index (χ0v) is 15.5. The van der Waals surface area contributed by atoms with E-state index in [1.54, 1.807) is 0 Å². The van der Waals surface area contributed by atoms with Crippen molar-refractivity contribution in [2.45, 2.75) is 22.2 Å². The molecule has 0 aliphatic heterocycles. The average molecular weight is 437 g/mol. The van der Waals surface area contributed by atoms with Crippen molar-refractivity contribution in [3.8, 4) is 11.6 Å². The summed E-state index contributed by atoms with van der Waals surface area (Å²) in [7, 11) is -9.56. The molecule has 0 radical (unpaired) electrons.